The van der Waals surface area contributed by atoms with Crippen LogP contribution in [-0.4, -0.2) is 14.5 Å². The summed E-state index contributed by atoms with van der Waals surface area (Å²) in [6.45, 7) is 0. The minimum absolute atomic E-state index is 0.993. The van der Waals surface area contributed by atoms with Gasteiger partial charge in [-0.2, -0.15) is 0 Å². The molecule has 0 fully saturated rings. The van der Waals surface area contributed by atoms with Crippen molar-refractivity contribution in [1.82, 2.24) is 14.5 Å². The summed E-state index contributed by atoms with van der Waals surface area (Å²) in [5.41, 5.74) is 8.72. The maximum Gasteiger partial charge on any atom is 0.0881 e. The van der Waals surface area contributed by atoms with E-state index in [1.165, 1.54) is 47.4 Å². The van der Waals surface area contributed by atoms with E-state index in [4.69, 9.17) is 9.97 Å². The van der Waals surface area contributed by atoms with Crippen LogP contribution in [0.3, 0.4) is 0 Å². The number of hydrogen-bond donors (Lipinski definition) is 0. The molecule has 0 bridgehead atoms. The van der Waals surface area contributed by atoms with Crippen LogP contribution in [0.1, 0.15) is 0 Å². The Morgan fingerprint density at radius 2 is 1.24 bits per heavy atom. The second-order valence-corrected chi connectivity index (χ2v) is 12.8. The zero-order valence-corrected chi connectivity index (χ0v) is 25.5. The Bertz CT molecular complexity index is 2810. The van der Waals surface area contributed by atoms with Gasteiger partial charge in [0.1, 0.15) is 0 Å². The number of thiophene rings is 1. The van der Waals surface area contributed by atoms with E-state index < -0.39 is 0 Å². The second kappa shape index (κ2) is 9.83. The summed E-state index contributed by atoms with van der Waals surface area (Å²) < 4.78 is 4.95. The number of aromatic nitrogens is 3. The van der Waals surface area contributed by atoms with Gasteiger partial charge in [-0.05, 0) is 36.4 Å². The molecule has 4 heterocycles. The summed E-state index contributed by atoms with van der Waals surface area (Å²) >= 11 is 1.82. The van der Waals surface area contributed by atoms with Crippen LogP contribution >= 0.6 is 11.3 Å². The Labute approximate surface area is 268 Å². The van der Waals surface area contributed by atoms with Crippen LogP contribution in [0.4, 0.5) is 0 Å². The standard InChI is InChI=1S/C42H25N3S/c1-2-11-26(12-3-1)39-34-22-21-31-29-15-5-8-19-36(29)45(41(31)38(34)33-17-4-7-18-35(33)44-39)28-14-10-13-27(25-28)40-42-32(23-24-43-40)30-16-6-9-20-37(30)46-42/h1-25H. The van der Waals surface area contributed by atoms with Crippen molar-refractivity contribution in [3.63, 3.8) is 0 Å². The van der Waals surface area contributed by atoms with E-state index in [1.54, 1.807) is 0 Å². The SMILES string of the molecule is c1ccc(-c2nc3ccccc3c3c2ccc2c4ccccc4n(-c4cccc(-c5nccc6c5sc5ccccc56)c4)c23)cc1. The van der Waals surface area contributed by atoms with Gasteiger partial charge in [0.05, 0.1) is 32.6 Å². The smallest absolute Gasteiger partial charge is 0.0881 e. The molecule has 0 radical (unpaired) electrons. The molecule has 3 nitrogen and oxygen atoms in total. The van der Waals surface area contributed by atoms with Crippen LogP contribution in [0.15, 0.2) is 152 Å². The Morgan fingerprint density at radius 1 is 0.500 bits per heavy atom. The fourth-order valence-corrected chi connectivity index (χ4v) is 8.43. The van der Waals surface area contributed by atoms with Crippen molar-refractivity contribution < 1.29 is 0 Å². The van der Waals surface area contributed by atoms with Gasteiger partial charge in [0.25, 0.3) is 0 Å². The van der Waals surface area contributed by atoms with E-state index in [0.29, 0.717) is 0 Å². The number of para-hydroxylation sites is 2. The molecule has 0 atom stereocenters. The average molecular weight is 604 g/mol. The summed E-state index contributed by atoms with van der Waals surface area (Å²) in [6, 6.07) is 52.0. The molecule has 0 unspecified atom stereocenters. The van der Waals surface area contributed by atoms with Gasteiger partial charge in [-0.15, -0.1) is 11.3 Å². The first-order valence-corrected chi connectivity index (χ1v) is 16.3. The summed E-state index contributed by atoms with van der Waals surface area (Å²) in [5, 5.41) is 8.52. The van der Waals surface area contributed by atoms with E-state index in [-0.39, 0.29) is 0 Å². The molecule has 10 aromatic rings. The monoisotopic (exact) mass is 603 g/mol. The summed E-state index contributed by atoms with van der Waals surface area (Å²) in [6.07, 6.45) is 1.95. The Kier molecular flexibility index (Phi) is 5.45. The van der Waals surface area contributed by atoms with E-state index >= 15 is 0 Å². The number of pyridine rings is 2. The third kappa shape index (κ3) is 3.65. The van der Waals surface area contributed by atoms with Crippen molar-refractivity contribution >= 4 is 75.0 Å². The molecule has 10 rings (SSSR count). The quantitative estimate of drug-likeness (QED) is 0.188. The fourth-order valence-electron chi connectivity index (χ4n) is 7.22. The van der Waals surface area contributed by atoms with Gasteiger partial charge < -0.3 is 4.57 Å². The van der Waals surface area contributed by atoms with Crippen LogP contribution < -0.4 is 0 Å². The fraction of sp³-hybridized carbons (Fsp3) is 0. The number of benzene rings is 6. The van der Waals surface area contributed by atoms with Crippen LogP contribution in [0.2, 0.25) is 0 Å². The van der Waals surface area contributed by atoms with Crippen LogP contribution in [0.25, 0.3) is 91.9 Å². The van der Waals surface area contributed by atoms with Gasteiger partial charge in [0.15, 0.2) is 0 Å². The van der Waals surface area contributed by atoms with Gasteiger partial charge in [-0.1, -0.05) is 109 Å². The highest BCUT2D eigenvalue weighted by atomic mass is 32.1. The molecule has 46 heavy (non-hydrogen) atoms. The molecule has 0 spiro atoms. The summed E-state index contributed by atoms with van der Waals surface area (Å²) in [4.78, 5) is 10.2. The highest BCUT2D eigenvalue weighted by Gasteiger charge is 2.20. The number of fused-ring (bicyclic) bond motifs is 10. The van der Waals surface area contributed by atoms with Crippen molar-refractivity contribution in [1.29, 1.82) is 0 Å². The molecule has 0 aliphatic heterocycles. The molecule has 0 amide bonds. The van der Waals surface area contributed by atoms with Crippen molar-refractivity contribution in [3.8, 4) is 28.2 Å². The maximum atomic E-state index is 5.22. The molecular weight excluding hydrogens is 579 g/mol. The van der Waals surface area contributed by atoms with Gasteiger partial charge in [-0.3, -0.25) is 4.98 Å². The first kappa shape index (κ1) is 25.5. The molecule has 0 saturated carbocycles. The third-order valence-corrected chi connectivity index (χ3v) is 10.4. The van der Waals surface area contributed by atoms with Crippen molar-refractivity contribution in [3.05, 3.63) is 152 Å². The maximum absolute atomic E-state index is 5.22. The Morgan fingerprint density at radius 3 is 2.15 bits per heavy atom. The number of rotatable bonds is 3. The highest BCUT2D eigenvalue weighted by Crippen LogP contribution is 2.43. The van der Waals surface area contributed by atoms with Gasteiger partial charge in [0.2, 0.25) is 0 Å². The zero-order chi connectivity index (χ0) is 30.2. The minimum Gasteiger partial charge on any atom is -0.309 e. The van der Waals surface area contributed by atoms with Crippen molar-refractivity contribution in [2.45, 2.75) is 0 Å². The highest BCUT2D eigenvalue weighted by molar-refractivity contribution is 7.26. The van der Waals surface area contributed by atoms with E-state index in [1.807, 2.05) is 17.5 Å². The Balaban J connectivity index is 1.32. The van der Waals surface area contributed by atoms with Crippen molar-refractivity contribution in [2.75, 3.05) is 0 Å². The zero-order valence-electron chi connectivity index (χ0n) is 24.7. The predicted molar refractivity (Wildman–Crippen MR) is 195 cm³/mol. The molecule has 6 aromatic carbocycles. The lowest BCUT2D eigenvalue weighted by Crippen LogP contribution is -1.97. The lowest BCUT2D eigenvalue weighted by Gasteiger charge is -2.15. The molecule has 0 aliphatic rings. The third-order valence-electron chi connectivity index (χ3n) is 9.22. The topological polar surface area (TPSA) is 30.7 Å². The Hall–Kier alpha value is -5.84. The summed E-state index contributed by atoms with van der Waals surface area (Å²) in [7, 11) is 0. The largest absolute Gasteiger partial charge is 0.309 e. The van der Waals surface area contributed by atoms with Gasteiger partial charge >= 0.3 is 0 Å². The van der Waals surface area contributed by atoms with Crippen LogP contribution in [0.5, 0.6) is 0 Å². The normalized spacial score (nSPS) is 11.9. The second-order valence-electron chi connectivity index (χ2n) is 11.8. The molecular formula is C42H25N3S. The predicted octanol–water partition coefficient (Wildman–Crippen LogP) is 11.6. The number of hydrogen-bond acceptors (Lipinski definition) is 3. The lowest BCUT2D eigenvalue weighted by atomic mass is 9.97. The first-order chi connectivity index (χ1) is 22.8. The van der Waals surface area contributed by atoms with E-state index in [9.17, 15) is 0 Å². The first-order valence-electron chi connectivity index (χ1n) is 15.5. The molecule has 0 N–H and O–H groups in total. The molecule has 0 aliphatic carbocycles. The van der Waals surface area contributed by atoms with Crippen molar-refractivity contribution in [2.24, 2.45) is 0 Å². The molecule has 0 saturated heterocycles. The molecule has 4 heteroatoms. The van der Waals surface area contributed by atoms with Crippen LogP contribution in [0, 0.1) is 0 Å². The van der Waals surface area contributed by atoms with Gasteiger partial charge in [-0.25, -0.2) is 4.98 Å². The molecule has 214 valence electrons. The van der Waals surface area contributed by atoms with E-state index in [2.05, 4.69) is 150 Å². The van der Waals surface area contributed by atoms with E-state index in [0.717, 1.165) is 44.5 Å². The van der Waals surface area contributed by atoms with Gasteiger partial charge in [0, 0.05) is 65.4 Å². The summed E-state index contributed by atoms with van der Waals surface area (Å²) in [5.74, 6) is 0. The molecule has 4 aromatic heterocycles. The minimum atomic E-state index is 0.993. The van der Waals surface area contributed by atoms with Crippen LogP contribution in [-0.2, 0) is 0 Å². The average Bonchev–Trinajstić information content (AvgIpc) is 3.68. The number of nitrogens with zero attached hydrogens (tertiary/aromatic N) is 3. The lowest BCUT2D eigenvalue weighted by molar-refractivity contribution is 1.18.